The number of benzene rings is 1. The van der Waals surface area contributed by atoms with E-state index in [1.807, 2.05) is 0 Å². The summed E-state index contributed by atoms with van der Waals surface area (Å²) in [6, 6.07) is 6.24. The molecule has 0 fully saturated rings. The van der Waals surface area contributed by atoms with Gasteiger partial charge in [-0.2, -0.15) is 5.10 Å². The third kappa shape index (κ3) is 2.09. The van der Waals surface area contributed by atoms with Gasteiger partial charge in [0.1, 0.15) is 11.6 Å². The van der Waals surface area contributed by atoms with Gasteiger partial charge in [-0.3, -0.25) is 4.68 Å². The van der Waals surface area contributed by atoms with Gasteiger partial charge in [0.05, 0.1) is 0 Å². The van der Waals surface area contributed by atoms with Crippen molar-refractivity contribution < 1.29 is 4.39 Å². The maximum absolute atomic E-state index is 13.0. The van der Waals surface area contributed by atoms with E-state index in [0.717, 1.165) is 5.82 Å². The van der Waals surface area contributed by atoms with Gasteiger partial charge in [0, 0.05) is 19.0 Å². The van der Waals surface area contributed by atoms with Crippen LogP contribution in [-0.2, 0) is 13.5 Å². The van der Waals surface area contributed by atoms with E-state index in [4.69, 9.17) is 5.73 Å². The number of aromatic nitrogens is 3. The fourth-order valence-electron chi connectivity index (χ4n) is 1.51. The van der Waals surface area contributed by atoms with Gasteiger partial charge in [-0.25, -0.2) is 9.37 Å². The normalized spacial score (nSPS) is 10.7. The van der Waals surface area contributed by atoms with E-state index >= 15 is 0 Å². The summed E-state index contributed by atoms with van der Waals surface area (Å²) in [4.78, 5) is 4.32. The Kier molecular flexibility index (Phi) is 2.96. The first kappa shape index (κ1) is 10.8. The van der Waals surface area contributed by atoms with Crippen molar-refractivity contribution in [3.05, 3.63) is 35.9 Å². The minimum absolute atomic E-state index is 0.287. The first-order valence-corrected chi connectivity index (χ1v) is 5.06. The van der Waals surface area contributed by atoms with Crippen LogP contribution in [0.15, 0.2) is 24.3 Å². The highest BCUT2D eigenvalue weighted by molar-refractivity contribution is 5.54. The molecule has 16 heavy (non-hydrogen) atoms. The van der Waals surface area contributed by atoms with Gasteiger partial charge in [0.25, 0.3) is 0 Å². The van der Waals surface area contributed by atoms with Crippen LogP contribution < -0.4 is 5.73 Å². The molecular weight excluding hydrogens is 207 g/mol. The molecule has 0 aliphatic heterocycles. The van der Waals surface area contributed by atoms with E-state index in [-0.39, 0.29) is 5.82 Å². The lowest BCUT2D eigenvalue weighted by Crippen LogP contribution is -2.08. The highest BCUT2D eigenvalue weighted by atomic mass is 19.1. The minimum atomic E-state index is -0.287. The number of nitrogens with zero attached hydrogens (tertiary/aromatic N) is 3. The maximum atomic E-state index is 13.0. The van der Waals surface area contributed by atoms with Crippen molar-refractivity contribution in [3.63, 3.8) is 0 Å². The fraction of sp³-hybridized carbons (Fsp3) is 0.273. The van der Waals surface area contributed by atoms with Gasteiger partial charge in [-0.15, -0.1) is 0 Å². The fourth-order valence-corrected chi connectivity index (χ4v) is 1.51. The third-order valence-corrected chi connectivity index (χ3v) is 2.30. The smallest absolute Gasteiger partial charge is 0.181 e. The number of hydrogen-bond donors (Lipinski definition) is 1. The molecule has 1 heterocycles. The molecule has 0 radical (unpaired) electrons. The quantitative estimate of drug-likeness (QED) is 0.843. The summed E-state index contributed by atoms with van der Waals surface area (Å²) < 4.78 is 14.7. The lowest BCUT2D eigenvalue weighted by atomic mass is 10.2. The van der Waals surface area contributed by atoms with E-state index in [2.05, 4.69) is 10.1 Å². The molecule has 1 aromatic heterocycles. The van der Waals surface area contributed by atoms with Gasteiger partial charge >= 0.3 is 0 Å². The minimum Gasteiger partial charge on any atom is -0.330 e. The molecule has 0 amide bonds. The lowest BCUT2D eigenvalue weighted by Gasteiger charge is -1.93. The number of halogens is 1. The van der Waals surface area contributed by atoms with Crippen molar-refractivity contribution in [2.24, 2.45) is 12.8 Å². The van der Waals surface area contributed by atoms with E-state index in [1.165, 1.54) is 12.1 Å². The summed E-state index contributed by atoms with van der Waals surface area (Å²) in [5.41, 5.74) is 6.14. The highest BCUT2D eigenvalue weighted by Crippen LogP contribution is 2.16. The Morgan fingerprint density at radius 1 is 1.44 bits per heavy atom. The zero-order valence-electron chi connectivity index (χ0n) is 9.02. The van der Waals surface area contributed by atoms with Crippen LogP contribution in [0.5, 0.6) is 0 Å². The largest absolute Gasteiger partial charge is 0.330 e. The molecule has 1 aromatic carbocycles. The third-order valence-electron chi connectivity index (χ3n) is 2.30. The van der Waals surface area contributed by atoms with Gasteiger partial charge in [0.2, 0.25) is 0 Å². The van der Waals surface area contributed by atoms with Crippen molar-refractivity contribution in [3.8, 4) is 11.4 Å². The van der Waals surface area contributed by atoms with Crippen LogP contribution in [0.1, 0.15) is 5.82 Å². The van der Waals surface area contributed by atoms with Crippen molar-refractivity contribution in [1.29, 1.82) is 0 Å². The molecular formula is C11H13FN4. The SMILES string of the molecule is Cn1nc(-c2cccc(F)c2)nc1CCN. The summed E-state index contributed by atoms with van der Waals surface area (Å²) in [7, 11) is 1.81. The predicted octanol–water partition coefficient (Wildman–Crippen LogP) is 1.12. The Morgan fingerprint density at radius 2 is 2.25 bits per heavy atom. The topological polar surface area (TPSA) is 56.7 Å². The van der Waals surface area contributed by atoms with Gasteiger partial charge in [-0.05, 0) is 18.7 Å². The maximum Gasteiger partial charge on any atom is 0.181 e. The first-order valence-electron chi connectivity index (χ1n) is 5.06. The lowest BCUT2D eigenvalue weighted by molar-refractivity contribution is 0.628. The Bertz CT molecular complexity index is 492. The summed E-state index contributed by atoms with van der Waals surface area (Å²) in [6.07, 6.45) is 0.665. The molecule has 0 spiro atoms. The number of nitrogens with two attached hydrogens (primary N) is 1. The Morgan fingerprint density at radius 3 is 2.94 bits per heavy atom. The number of hydrogen-bond acceptors (Lipinski definition) is 3. The molecule has 84 valence electrons. The molecule has 0 atom stereocenters. The van der Waals surface area contributed by atoms with Crippen molar-refractivity contribution in [2.45, 2.75) is 6.42 Å². The van der Waals surface area contributed by atoms with Crippen LogP contribution in [0.2, 0.25) is 0 Å². The average Bonchev–Trinajstić information content (AvgIpc) is 2.61. The molecule has 2 aromatic rings. The predicted molar refractivity (Wildman–Crippen MR) is 59.2 cm³/mol. The van der Waals surface area contributed by atoms with Crippen molar-refractivity contribution >= 4 is 0 Å². The Balaban J connectivity index is 2.37. The monoisotopic (exact) mass is 220 g/mol. The first-order chi connectivity index (χ1) is 7.70. The van der Waals surface area contributed by atoms with Gasteiger partial charge < -0.3 is 5.73 Å². The van der Waals surface area contributed by atoms with Crippen molar-refractivity contribution in [2.75, 3.05) is 6.54 Å². The van der Waals surface area contributed by atoms with Gasteiger partial charge in [0.15, 0.2) is 5.82 Å². The van der Waals surface area contributed by atoms with Crippen LogP contribution in [-0.4, -0.2) is 21.3 Å². The molecule has 4 nitrogen and oxygen atoms in total. The molecule has 5 heteroatoms. The number of rotatable bonds is 3. The molecule has 0 saturated heterocycles. The van der Waals surface area contributed by atoms with E-state index in [0.29, 0.717) is 24.4 Å². The molecule has 0 aliphatic rings. The van der Waals surface area contributed by atoms with E-state index in [9.17, 15) is 4.39 Å². The second-order valence-electron chi connectivity index (χ2n) is 3.52. The second kappa shape index (κ2) is 4.40. The summed E-state index contributed by atoms with van der Waals surface area (Å²) in [5.74, 6) is 1.05. The van der Waals surface area contributed by atoms with Crippen LogP contribution in [0.4, 0.5) is 4.39 Å². The summed E-state index contributed by atoms with van der Waals surface area (Å²) in [5, 5.41) is 4.22. The summed E-state index contributed by atoms with van der Waals surface area (Å²) in [6.45, 7) is 0.523. The molecule has 2 N–H and O–H groups in total. The van der Waals surface area contributed by atoms with Crippen LogP contribution in [0.25, 0.3) is 11.4 Å². The summed E-state index contributed by atoms with van der Waals surface area (Å²) >= 11 is 0. The van der Waals surface area contributed by atoms with Crippen molar-refractivity contribution in [1.82, 2.24) is 14.8 Å². The van der Waals surface area contributed by atoms with Crippen LogP contribution in [0, 0.1) is 5.82 Å². The molecule has 0 aliphatic carbocycles. The molecule has 0 saturated carbocycles. The molecule has 0 unspecified atom stereocenters. The zero-order chi connectivity index (χ0) is 11.5. The highest BCUT2D eigenvalue weighted by Gasteiger charge is 2.08. The Hall–Kier alpha value is -1.75. The van der Waals surface area contributed by atoms with Crippen LogP contribution >= 0.6 is 0 Å². The van der Waals surface area contributed by atoms with Crippen LogP contribution in [0.3, 0.4) is 0 Å². The second-order valence-corrected chi connectivity index (χ2v) is 3.52. The zero-order valence-corrected chi connectivity index (χ0v) is 9.02. The van der Waals surface area contributed by atoms with E-state index in [1.54, 1.807) is 23.9 Å². The Labute approximate surface area is 92.9 Å². The number of aryl methyl sites for hydroxylation is 1. The van der Waals surface area contributed by atoms with Gasteiger partial charge in [-0.1, -0.05) is 12.1 Å². The average molecular weight is 220 g/mol. The van der Waals surface area contributed by atoms with E-state index < -0.39 is 0 Å². The standard InChI is InChI=1S/C11H13FN4/c1-16-10(5-6-13)14-11(15-16)8-3-2-4-9(12)7-8/h2-4,7H,5-6,13H2,1H3. The molecule has 2 rings (SSSR count). The molecule has 0 bridgehead atoms.